The van der Waals surface area contributed by atoms with Crippen molar-refractivity contribution in [3.8, 4) is 11.3 Å². The van der Waals surface area contributed by atoms with Gasteiger partial charge < -0.3 is 9.52 Å². The van der Waals surface area contributed by atoms with Crippen LogP contribution in [0, 0.1) is 0 Å². The fourth-order valence-electron chi connectivity index (χ4n) is 2.61. The highest BCUT2D eigenvalue weighted by atomic mass is 35.5. The predicted octanol–water partition coefficient (Wildman–Crippen LogP) is 5.32. The van der Waals surface area contributed by atoms with Gasteiger partial charge in [-0.2, -0.15) is 0 Å². The average molecular weight is 442 g/mol. The first-order valence-electron chi connectivity index (χ1n) is 7.87. The minimum absolute atomic E-state index is 0.213. The van der Waals surface area contributed by atoms with Crippen LogP contribution in [0.25, 0.3) is 17.4 Å². The van der Waals surface area contributed by atoms with E-state index in [9.17, 15) is 14.7 Å². The maximum absolute atomic E-state index is 12.6. The number of carbonyl (C=O) groups is 2. The molecule has 1 atom stereocenters. The Labute approximate surface area is 174 Å². The number of furan rings is 1. The number of halogens is 2. The molecule has 1 amide bonds. The molecule has 0 radical (unpaired) electrons. The van der Waals surface area contributed by atoms with Crippen molar-refractivity contribution >= 4 is 69.5 Å². The van der Waals surface area contributed by atoms with E-state index in [1.807, 2.05) is 0 Å². The second-order valence-corrected chi connectivity index (χ2v) is 8.16. The third-order valence-corrected chi connectivity index (χ3v) is 5.80. The number of carbonyl (C=O) groups excluding carboxylic acids is 1. The first-order valence-corrected chi connectivity index (χ1v) is 9.85. The Morgan fingerprint density at radius 3 is 2.78 bits per heavy atom. The monoisotopic (exact) mass is 441 g/mol. The number of hydrogen-bond donors (Lipinski definition) is 1. The first kappa shape index (κ1) is 19.9. The molecule has 1 fully saturated rings. The van der Waals surface area contributed by atoms with Crippen LogP contribution in [0.3, 0.4) is 0 Å². The van der Waals surface area contributed by atoms with E-state index in [4.69, 9.17) is 39.8 Å². The molecule has 1 N–H and O–H groups in total. The zero-order valence-electron chi connectivity index (χ0n) is 13.9. The lowest BCUT2D eigenvalue weighted by Crippen LogP contribution is -2.43. The lowest BCUT2D eigenvalue weighted by atomic mass is 10.2. The minimum Gasteiger partial charge on any atom is -0.480 e. The Kier molecular flexibility index (Phi) is 5.95. The van der Waals surface area contributed by atoms with E-state index in [2.05, 4.69) is 0 Å². The van der Waals surface area contributed by atoms with Gasteiger partial charge in [-0.25, -0.2) is 4.79 Å². The van der Waals surface area contributed by atoms with Crippen LogP contribution in [0.4, 0.5) is 0 Å². The van der Waals surface area contributed by atoms with Gasteiger partial charge in [0, 0.05) is 16.7 Å². The van der Waals surface area contributed by atoms with Crippen molar-refractivity contribution in [2.24, 2.45) is 0 Å². The van der Waals surface area contributed by atoms with Crippen molar-refractivity contribution in [2.45, 2.75) is 19.4 Å². The molecule has 1 aliphatic heterocycles. The standard InChI is InChI=1S/C18H13Cl2NO4S2/c1-2-13(17(23)24)21-16(22)15(27-18(21)26)8-10-4-6-14(25-10)11-7-9(19)3-5-12(11)20/h3-8,13H,2H2,1H3,(H,23,24)/b15-8+/t13-/m0/s1. The van der Waals surface area contributed by atoms with Crippen molar-refractivity contribution in [1.82, 2.24) is 4.90 Å². The highest BCUT2D eigenvalue weighted by Gasteiger charge is 2.39. The minimum atomic E-state index is -1.09. The van der Waals surface area contributed by atoms with Crippen LogP contribution in [0.15, 0.2) is 39.7 Å². The fourth-order valence-corrected chi connectivity index (χ4v) is 4.33. The van der Waals surface area contributed by atoms with Gasteiger partial charge in [-0.15, -0.1) is 0 Å². The number of rotatable bonds is 5. The van der Waals surface area contributed by atoms with Crippen LogP contribution < -0.4 is 0 Å². The van der Waals surface area contributed by atoms with Crippen molar-refractivity contribution in [3.63, 3.8) is 0 Å². The van der Waals surface area contributed by atoms with Crippen LogP contribution in [0.5, 0.6) is 0 Å². The molecule has 1 aromatic heterocycles. The van der Waals surface area contributed by atoms with Crippen LogP contribution >= 0.6 is 47.2 Å². The summed E-state index contributed by atoms with van der Waals surface area (Å²) in [7, 11) is 0. The molecule has 1 aliphatic rings. The summed E-state index contributed by atoms with van der Waals surface area (Å²) in [5.74, 6) is -0.616. The highest BCUT2D eigenvalue weighted by molar-refractivity contribution is 8.26. The summed E-state index contributed by atoms with van der Waals surface area (Å²) in [6, 6.07) is 7.45. The molecule has 140 valence electrons. The van der Waals surface area contributed by atoms with Crippen LogP contribution in [0.2, 0.25) is 10.0 Å². The molecule has 0 saturated carbocycles. The van der Waals surface area contributed by atoms with Gasteiger partial charge in [0.1, 0.15) is 21.9 Å². The number of hydrogen-bond acceptors (Lipinski definition) is 5. The van der Waals surface area contributed by atoms with Gasteiger partial charge >= 0.3 is 5.97 Å². The summed E-state index contributed by atoms with van der Waals surface area (Å²) in [5.41, 5.74) is 0.633. The Hall–Kier alpha value is -1.80. The van der Waals surface area contributed by atoms with Gasteiger partial charge in [-0.05, 0) is 36.8 Å². The number of nitrogens with zero attached hydrogens (tertiary/aromatic N) is 1. The van der Waals surface area contributed by atoms with E-state index < -0.39 is 17.9 Å². The van der Waals surface area contributed by atoms with Gasteiger partial charge in [-0.1, -0.05) is 54.1 Å². The third-order valence-electron chi connectivity index (χ3n) is 3.90. The highest BCUT2D eigenvalue weighted by Crippen LogP contribution is 2.36. The Morgan fingerprint density at radius 2 is 2.11 bits per heavy atom. The van der Waals surface area contributed by atoms with Crippen LogP contribution in [-0.2, 0) is 9.59 Å². The zero-order valence-corrected chi connectivity index (χ0v) is 17.1. The zero-order chi connectivity index (χ0) is 19.7. The molecule has 1 aromatic carbocycles. The van der Waals surface area contributed by atoms with Crippen LogP contribution in [0.1, 0.15) is 19.1 Å². The summed E-state index contributed by atoms with van der Waals surface area (Å²) in [5, 5.41) is 10.3. The molecule has 3 rings (SSSR count). The van der Waals surface area contributed by atoms with Gasteiger partial charge in [0.05, 0.1) is 9.93 Å². The summed E-state index contributed by atoms with van der Waals surface area (Å²) in [6.07, 6.45) is 1.79. The summed E-state index contributed by atoms with van der Waals surface area (Å²) in [4.78, 5) is 25.4. The largest absolute Gasteiger partial charge is 0.480 e. The van der Waals surface area contributed by atoms with Crippen molar-refractivity contribution in [3.05, 3.63) is 51.0 Å². The number of aliphatic carboxylic acids is 1. The second kappa shape index (κ2) is 8.06. The normalized spacial score (nSPS) is 17.0. The molecular weight excluding hydrogens is 429 g/mol. The SMILES string of the molecule is CC[C@@H](C(=O)O)N1C(=O)/C(=C\c2ccc(-c3cc(Cl)ccc3Cl)o2)SC1=S. The Balaban J connectivity index is 1.89. The molecular formula is C18H13Cl2NO4S2. The van der Waals surface area contributed by atoms with E-state index >= 15 is 0 Å². The number of carboxylic acids is 1. The lowest BCUT2D eigenvalue weighted by molar-refractivity contribution is -0.145. The van der Waals surface area contributed by atoms with Crippen molar-refractivity contribution in [1.29, 1.82) is 0 Å². The Morgan fingerprint density at radius 1 is 1.37 bits per heavy atom. The molecule has 0 aliphatic carbocycles. The number of thiocarbonyl (C=S) groups is 1. The molecule has 9 heteroatoms. The van der Waals surface area contributed by atoms with Gasteiger partial charge in [-0.3, -0.25) is 9.69 Å². The number of amides is 1. The van der Waals surface area contributed by atoms with E-state index in [0.717, 1.165) is 16.7 Å². The molecule has 0 unspecified atom stereocenters. The fraction of sp³-hybridized carbons (Fsp3) is 0.167. The van der Waals surface area contributed by atoms with E-state index in [-0.39, 0.29) is 10.7 Å². The van der Waals surface area contributed by atoms with Crippen molar-refractivity contribution in [2.75, 3.05) is 0 Å². The average Bonchev–Trinajstić information content (AvgIpc) is 3.18. The number of benzene rings is 1. The molecule has 0 bridgehead atoms. The quantitative estimate of drug-likeness (QED) is 0.500. The number of carboxylic acid groups (broad SMARTS) is 1. The third kappa shape index (κ3) is 4.06. The molecule has 0 spiro atoms. The maximum Gasteiger partial charge on any atom is 0.326 e. The topological polar surface area (TPSA) is 70.8 Å². The lowest BCUT2D eigenvalue weighted by Gasteiger charge is -2.21. The molecule has 1 saturated heterocycles. The van der Waals surface area contributed by atoms with E-state index in [1.165, 1.54) is 6.08 Å². The summed E-state index contributed by atoms with van der Waals surface area (Å²) >= 11 is 18.4. The summed E-state index contributed by atoms with van der Waals surface area (Å²) in [6.45, 7) is 1.69. The molecule has 2 aromatic rings. The molecule has 5 nitrogen and oxygen atoms in total. The Bertz CT molecular complexity index is 970. The smallest absolute Gasteiger partial charge is 0.326 e. The molecule has 27 heavy (non-hydrogen) atoms. The summed E-state index contributed by atoms with van der Waals surface area (Å²) < 4.78 is 5.97. The van der Waals surface area contributed by atoms with Gasteiger partial charge in [0.25, 0.3) is 5.91 Å². The predicted molar refractivity (Wildman–Crippen MR) is 111 cm³/mol. The molecule has 2 heterocycles. The number of thioether (sulfide) groups is 1. The first-order chi connectivity index (χ1) is 12.8. The van der Waals surface area contributed by atoms with Crippen molar-refractivity contribution < 1.29 is 19.1 Å². The van der Waals surface area contributed by atoms with E-state index in [0.29, 0.717) is 32.0 Å². The van der Waals surface area contributed by atoms with Gasteiger partial charge in [0.15, 0.2) is 0 Å². The maximum atomic E-state index is 12.6. The van der Waals surface area contributed by atoms with E-state index in [1.54, 1.807) is 37.3 Å². The van der Waals surface area contributed by atoms with Crippen LogP contribution in [-0.4, -0.2) is 32.2 Å². The second-order valence-electron chi connectivity index (χ2n) is 5.64. The van der Waals surface area contributed by atoms with Gasteiger partial charge in [0.2, 0.25) is 0 Å².